The first-order valence-corrected chi connectivity index (χ1v) is 7.83. The van der Waals surface area contributed by atoms with Gasteiger partial charge in [0.2, 0.25) is 5.91 Å². The molecule has 19 heavy (non-hydrogen) atoms. The summed E-state index contributed by atoms with van der Waals surface area (Å²) >= 11 is 0. The molecule has 2 rings (SSSR count). The van der Waals surface area contributed by atoms with Crippen molar-refractivity contribution in [2.24, 2.45) is 11.3 Å². The van der Waals surface area contributed by atoms with E-state index in [0.29, 0.717) is 17.9 Å². The van der Waals surface area contributed by atoms with Crippen LogP contribution >= 0.6 is 0 Å². The zero-order valence-electron chi connectivity index (χ0n) is 13.4. The van der Waals surface area contributed by atoms with E-state index in [-0.39, 0.29) is 17.1 Å². The summed E-state index contributed by atoms with van der Waals surface area (Å²) in [5.74, 6) is 0.766. The lowest BCUT2D eigenvalue weighted by molar-refractivity contribution is -0.137. The molecule has 0 aromatic heterocycles. The highest BCUT2D eigenvalue weighted by Gasteiger charge is 2.53. The zero-order valence-corrected chi connectivity index (χ0v) is 13.4. The number of rotatable bonds is 3. The normalized spacial score (nSPS) is 38.5. The fourth-order valence-electron chi connectivity index (χ4n) is 3.77. The van der Waals surface area contributed by atoms with Crippen molar-refractivity contribution in [1.82, 2.24) is 10.2 Å². The third-order valence-electron chi connectivity index (χ3n) is 5.35. The van der Waals surface area contributed by atoms with E-state index in [0.717, 1.165) is 12.8 Å². The SMILES string of the molecule is CCC1(C)NC(C(C)C)N(C2CCCC2(C)C)C1=O. The first-order chi connectivity index (χ1) is 8.73. The first kappa shape index (κ1) is 14.8. The molecule has 3 nitrogen and oxygen atoms in total. The third-order valence-corrected chi connectivity index (χ3v) is 5.35. The molecule has 3 unspecified atom stereocenters. The Morgan fingerprint density at radius 1 is 1.37 bits per heavy atom. The zero-order chi connectivity index (χ0) is 14.4. The third kappa shape index (κ3) is 2.31. The molecule has 0 bridgehead atoms. The van der Waals surface area contributed by atoms with E-state index < -0.39 is 0 Å². The minimum Gasteiger partial charge on any atom is -0.322 e. The molecule has 0 spiro atoms. The minimum atomic E-state index is -0.367. The van der Waals surface area contributed by atoms with Gasteiger partial charge in [0.05, 0.1) is 11.7 Å². The second-order valence-corrected chi connectivity index (χ2v) is 7.63. The van der Waals surface area contributed by atoms with Crippen molar-refractivity contribution in [2.45, 2.75) is 85.0 Å². The van der Waals surface area contributed by atoms with E-state index >= 15 is 0 Å². The standard InChI is InChI=1S/C16H30N2O/c1-7-16(6)14(19)18(13(17-16)11(2)3)12-9-8-10-15(12,4)5/h11-13,17H,7-10H2,1-6H3. The smallest absolute Gasteiger partial charge is 0.244 e. The summed E-state index contributed by atoms with van der Waals surface area (Å²) in [6.45, 7) is 13.2. The maximum absolute atomic E-state index is 12.9. The Kier molecular flexibility index (Phi) is 3.72. The van der Waals surface area contributed by atoms with Gasteiger partial charge in [-0.1, -0.05) is 41.0 Å². The second-order valence-electron chi connectivity index (χ2n) is 7.63. The number of carbonyl (C=O) groups is 1. The van der Waals surface area contributed by atoms with Gasteiger partial charge in [-0.3, -0.25) is 10.1 Å². The van der Waals surface area contributed by atoms with Crippen LogP contribution in [0.2, 0.25) is 0 Å². The summed E-state index contributed by atoms with van der Waals surface area (Å²) < 4.78 is 0. The lowest BCUT2D eigenvalue weighted by atomic mass is 9.85. The van der Waals surface area contributed by atoms with Crippen LogP contribution in [0.3, 0.4) is 0 Å². The highest BCUT2D eigenvalue weighted by atomic mass is 16.2. The Morgan fingerprint density at radius 3 is 2.42 bits per heavy atom. The van der Waals surface area contributed by atoms with Gasteiger partial charge in [-0.25, -0.2) is 0 Å². The molecule has 2 aliphatic rings. The number of carbonyl (C=O) groups excluding carboxylic acids is 1. The monoisotopic (exact) mass is 266 g/mol. The van der Waals surface area contributed by atoms with E-state index in [9.17, 15) is 4.79 Å². The number of amides is 1. The van der Waals surface area contributed by atoms with Crippen molar-refractivity contribution in [2.75, 3.05) is 0 Å². The average Bonchev–Trinajstić information content (AvgIpc) is 2.79. The maximum Gasteiger partial charge on any atom is 0.244 e. The van der Waals surface area contributed by atoms with Gasteiger partial charge in [0.25, 0.3) is 0 Å². The van der Waals surface area contributed by atoms with E-state index in [1.54, 1.807) is 0 Å². The molecule has 1 heterocycles. The Morgan fingerprint density at radius 2 is 2.00 bits per heavy atom. The maximum atomic E-state index is 12.9. The van der Waals surface area contributed by atoms with Gasteiger partial charge in [-0.05, 0) is 37.5 Å². The number of hydrogen-bond donors (Lipinski definition) is 1. The van der Waals surface area contributed by atoms with Gasteiger partial charge >= 0.3 is 0 Å². The molecule has 110 valence electrons. The minimum absolute atomic E-state index is 0.194. The summed E-state index contributed by atoms with van der Waals surface area (Å²) in [7, 11) is 0. The topological polar surface area (TPSA) is 32.3 Å². The summed E-state index contributed by atoms with van der Waals surface area (Å²) in [5, 5.41) is 3.61. The van der Waals surface area contributed by atoms with Crippen LogP contribution in [0.25, 0.3) is 0 Å². The van der Waals surface area contributed by atoms with Crippen LogP contribution < -0.4 is 5.32 Å². The summed E-state index contributed by atoms with van der Waals surface area (Å²) in [6, 6.07) is 0.397. The molecular weight excluding hydrogens is 236 g/mol. The number of nitrogens with zero attached hydrogens (tertiary/aromatic N) is 1. The van der Waals surface area contributed by atoms with Crippen molar-refractivity contribution in [3.8, 4) is 0 Å². The Bertz CT molecular complexity index is 364. The van der Waals surface area contributed by atoms with Crippen molar-refractivity contribution in [3.63, 3.8) is 0 Å². The van der Waals surface area contributed by atoms with E-state index in [4.69, 9.17) is 0 Å². The highest BCUT2D eigenvalue weighted by molar-refractivity contribution is 5.88. The summed E-state index contributed by atoms with van der Waals surface area (Å²) in [4.78, 5) is 15.1. The molecule has 1 aliphatic carbocycles. The highest BCUT2D eigenvalue weighted by Crippen LogP contribution is 2.44. The van der Waals surface area contributed by atoms with Crippen LogP contribution in [0.15, 0.2) is 0 Å². The molecule has 1 saturated heterocycles. The fourth-order valence-corrected chi connectivity index (χ4v) is 3.77. The van der Waals surface area contributed by atoms with Crippen LogP contribution in [-0.4, -0.2) is 28.6 Å². The van der Waals surface area contributed by atoms with E-state index in [2.05, 4.69) is 51.8 Å². The molecule has 1 saturated carbocycles. The van der Waals surface area contributed by atoms with E-state index in [1.807, 2.05) is 0 Å². The molecule has 2 fully saturated rings. The van der Waals surface area contributed by atoms with Crippen molar-refractivity contribution >= 4 is 5.91 Å². The van der Waals surface area contributed by atoms with Gasteiger partial charge in [0, 0.05) is 6.04 Å². The van der Waals surface area contributed by atoms with Crippen molar-refractivity contribution in [1.29, 1.82) is 0 Å². The molecule has 1 N–H and O–H groups in total. The van der Waals surface area contributed by atoms with Gasteiger partial charge in [-0.2, -0.15) is 0 Å². The van der Waals surface area contributed by atoms with Crippen molar-refractivity contribution < 1.29 is 4.79 Å². The molecule has 3 atom stereocenters. The van der Waals surface area contributed by atoms with E-state index in [1.165, 1.54) is 12.8 Å². The second kappa shape index (κ2) is 4.76. The molecule has 3 heteroatoms. The molecule has 0 aromatic carbocycles. The lowest BCUT2D eigenvalue weighted by Gasteiger charge is -2.39. The Labute approximate surface area is 118 Å². The summed E-state index contributed by atoms with van der Waals surface area (Å²) in [5.41, 5.74) is -0.114. The van der Waals surface area contributed by atoms with Crippen molar-refractivity contribution in [3.05, 3.63) is 0 Å². The van der Waals surface area contributed by atoms with Crippen LogP contribution in [-0.2, 0) is 4.79 Å². The lowest BCUT2D eigenvalue weighted by Crippen LogP contribution is -2.51. The van der Waals surface area contributed by atoms with Crippen LogP contribution in [0.5, 0.6) is 0 Å². The first-order valence-electron chi connectivity index (χ1n) is 7.83. The van der Waals surface area contributed by atoms with Gasteiger partial charge in [0.15, 0.2) is 0 Å². The summed E-state index contributed by atoms with van der Waals surface area (Å²) in [6.07, 6.45) is 4.69. The number of nitrogens with one attached hydrogen (secondary N) is 1. The molecule has 1 amide bonds. The van der Waals surface area contributed by atoms with Crippen LogP contribution in [0, 0.1) is 11.3 Å². The predicted octanol–water partition coefficient (Wildman–Crippen LogP) is 3.15. The molecular formula is C16H30N2O. The van der Waals surface area contributed by atoms with Crippen LogP contribution in [0.1, 0.15) is 67.2 Å². The fraction of sp³-hybridized carbons (Fsp3) is 0.938. The Balaban J connectivity index is 2.33. The quantitative estimate of drug-likeness (QED) is 0.851. The van der Waals surface area contributed by atoms with Gasteiger partial charge < -0.3 is 4.90 Å². The van der Waals surface area contributed by atoms with Crippen LogP contribution in [0.4, 0.5) is 0 Å². The number of hydrogen-bond acceptors (Lipinski definition) is 2. The molecule has 0 aromatic rings. The average molecular weight is 266 g/mol. The van der Waals surface area contributed by atoms with Gasteiger partial charge in [-0.15, -0.1) is 0 Å². The Hall–Kier alpha value is -0.570. The predicted molar refractivity (Wildman–Crippen MR) is 78.7 cm³/mol. The largest absolute Gasteiger partial charge is 0.322 e. The van der Waals surface area contributed by atoms with Gasteiger partial charge in [0.1, 0.15) is 0 Å². The molecule has 0 radical (unpaired) electrons. The molecule has 1 aliphatic heterocycles.